The van der Waals surface area contributed by atoms with Crippen molar-refractivity contribution in [1.82, 2.24) is 10.6 Å². The molecule has 3 N–H and O–H groups in total. The molecule has 0 aromatic heterocycles. The number of nitrogens with zero attached hydrogens (tertiary/aromatic N) is 1. The molecule has 0 rings (SSSR count). The summed E-state index contributed by atoms with van der Waals surface area (Å²) in [6, 6.07) is 0. The van der Waals surface area contributed by atoms with Gasteiger partial charge >= 0.3 is 0 Å². The number of ether oxygens (including phenoxy) is 1. The van der Waals surface area contributed by atoms with E-state index in [0.717, 1.165) is 32.1 Å². The SMILES string of the molecule is CCNC(=NCCCOC)NCCO. The monoisotopic (exact) mass is 203 g/mol. The molecule has 0 aliphatic rings. The van der Waals surface area contributed by atoms with Gasteiger partial charge in [-0.1, -0.05) is 0 Å². The van der Waals surface area contributed by atoms with Crippen LogP contribution >= 0.6 is 0 Å². The number of aliphatic imine (C=N–C) groups is 1. The third kappa shape index (κ3) is 7.82. The van der Waals surface area contributed by atoms with Crippen LogP contribution in [0.2, 0.25) is 0 Å². The number of hydrogen-bond acceptors (Lipinski definition) is 3. The average Bonchev–Trinajstić information content (AvgIpc) is 2.20. The van der Waals surface area contributed by atoms with Crippen molar-refractivity contribution in [3.63, 3.8) is 0 Å². The van der Waals surface area contributed by atoms with E-state index in [4.69, 9.17) is 9.84 Å². The largest absolute Gasteiger partial charge is 0.395 e. The molecule has 5 nitrogen and oxygen atoms in total. The fraction of sp³-hybridized carbons (Fsp3) is 0.889. The zero-order valence-electron chi connectivity index (χ0n) is 9.05. The highest BCUT2D eigenvalue weighted by atomic mass is 16.5. The van der Waals surface area contributed by atoms with Crippen LogP contribution in [0.15, 0.2) is 4.99 Å². The van der Waals surface area contributed by atoms with Crippen LogP contribution in [0.5, 0.6) is 0 Å². The van der Waals surface area contributed by atoms with E-state index in [0.29, 0.717) is 6.54 Å². The predicted molar refractivity (Wildman–Crippen MR) is 57.6 cm³/mol. The maximum atomic E-state index is 8.63. The van der Waals surface area contributed by atoms with Crippen LogP contribution in [0.3, 0.4) is 0 Å². The molecule has 0 saturated heterocycles. The zero-order chi connectivity index (χ0) is 10.6. The highest BCUT2D eigenvalue weighted by Crippen LogP contribution is 1.82. The van der Waals surface area contributed by atoms with Gasteiger partial charge in [0.2, 0.25) is 0 Å². The molecule has 0 amide bonds. The average molecular weight is 203 g/mol. The number of nitrogens with one attached hydrogen (secondary N) is 2. The first kappa shape index (κ1) is 13.2. The van der Waals surface area contributed by atoms with Gasteiger partial charge in [-0.3, -0.25) is 4.99 Å². The summed E-state index contributed by atoms with van der Waals surface area (Å²) in [6.07, 6.45) is 0.909. The lowest BCUT2D eigenvalue weighted by molar-refractivity contribution is 0.197. The Bertz CT molecular complexity index is 151. The number of hydrogen-bond donors (Lipinski definition) is 3. The molecule has 5 heteroatoms. The lowest BCUT2D eigenvalue weighted by Gasteiger charge is -2.09. The molecule has 0 aromatic carbocycles. The van der Waals surface area contributed by atoms with Gasteiger partial charge in [-0.25, -0.2) is 0 Å². The number of guanidine groups is 1. The van der Waals surface area contributed by atoms with Gasteiger partial charge in [-0.2, -0.15) is 0 Å². The minimum Gasteiger partial charge on any atom is -0.395 e. The lowest BCUT2D eigenvalue weighted by Crippen LogP contribution is -2.38. The van der Waals surface area contributed by atoms with Gasteiger partial charge in [0.05, 0.1) is 6.61 Å². The Labute approximate surface area is 85.6 Å². The van der Waals surface area contributed by atoms with Crippen LogP contribution in [0, 0.1) is 0 Å². The fourth-order valence-electron chi connectivity index (χ4n) is 0.916. The summed E-state index contributed by atoms with van der Waals surface area (Å²) >= 11 is 0. The van der Waals surface area contributed by atoms with Crippen molar-refractivity contribution in [3.8, 4) is 0 Å². The molecule has 0 spiro atoms. The molecular formula is C9H21N3O2. The summed E-state index contributed by atoms with van der Waals surface area (Å²) in [6.45, 7) is 4.92. The van der Waals surface area contributed by atoms with Gasteiger partial charge in [0.1, 0.15) is 0 Å². The highest BCUT2D eigenvalue weighted by molar-refractivity contribution is 5.79. The van der Waals surface area contributed by atoms with E-state index in [2.05, 4.69) is 15.6 Å². The second-order valence-corrected chi connectivity index (χ2v) is 2.76. The lowest BCUT2D eigenvalue weighted by atomic mass is 10.5. The summed E-state index contributed by atoms with van der Waals surface area (Å²) in [5.41, 5.74) is 0. The van der Waals surface area contributed by atoms with Gasteiger partial charge in [0.25, 0.3) is 0 Å². The molecule has 0 heterocycles. The Balaban J connectivity index is 3.67. The number of methoxy groups -OCH3 is 1. The predicted octanol–water partition coefficient (Wildman–Crippen LogP) is -0.430. The first-order valence-corrected chi connectivity index (χ1v) is 4.97. The van der Waals surface area contributed by atoms with E-state index in [1.54, 1.807) is 7.11 Å². The van der Waals surface area contributed by atoms with Crippen LogP contribution < -0.4 is 10.6 Å². The normalized spacial score (nSPS) is 11.5. The van der Waals surface area contributed by atoms with E-state index in [-0.39, 0.29) is 6.61 Å². The molecule has 0 radical (unpaired) electrons. The van der Waals surface area contributed by atoms with E-state index in [1.165, 1.54) is 0 Å². The van der Waals surface area contributed by atoms with E-state index in [1.807, 2.05) is 6.92 Å². The van der Waals surface area contributed by atoms with Crippen molar-refractivity contribution in [2.24, 2.45) is 4.99 Å². The van der Waals surface area contributed by atoms with Crippen LogP contribution in [0.4, 0.5) is 0 Å². The first-order chi connectivity index (χ1) is 6.85. The van der Waals surface area contributed by atoms with Crippen LogP contribution in [-0.2, 0) is 4.74 Å². The highest BCUT2D eigenvalue weighted by Gasteiger charge is 1.94. The molecule has 0 bridgehead atoms. The van der Waals surface area contributed by atoms with Crippen molar-refractivity contribution in [2.45, 2.75) is 13.3 Å². The minimum absolute atomic E-state index is 0.114. The van der Waals surface area contributed by atoms with Crippen LogP contribution in [-0.4, -0.2) is 51.0 Å². The number of aliphatic hydroxyl groups excluding tert-OH is 1. The van der Waals surface area contributed by atoms with Crippen molar-refractivity contribution in [1.29, 1.82) is 0 Å². The molecular weight excluding hydrogens is 182 g/mol. The molecule has 14 heavy (non-hydrogen) atoms. The Hall–Kier alpha value is -0.810. The van der Waals surface area contributed by atoms with Crippen molar-refractivity contribution in [2.75, 3.05) is 40.0 Å². The Morgan fingerprint density at radius 1 is 1.43 bits per heavy atom. The Kier molecular flexibility index (Phi) is 9.68. The van der Waals surface area contributed by atoms with Gasteiger partial charge in [0, 0.05) is 33.4 Å². The Morgan fingerprint density at radius 3 is 2.79 bits per heavy atom. The smallest absolute Gasteiger partial charge is 0.191 e. The molecule has 0 atom stereocenters. The maximum Gasteiger partial charge on any atom is 0.191 e. The summed E-state index contributed by atoms with van der Waals surface area (Å²) in [4.78, 5) is 4.29. The third-order valence-electron chi connectivity index (χ3n) is 1.52. The molecule has 0 aliphatic heterocycles. The number of rotatable bonds is 7. The fourth-order valence-corrected chi connectivity index (χ4v) is 0.916. The summed E-state index contributed by atoms with van der Waals surface area (Å²) in [7, 11) is 1.68. The summed E-state index contributed by atoms with van der Waals surface area (Å²) < 4.78 is 4.91. The maximum absolute atomic E-state index is 8.63. The third-order valence-corrected chi connectivity index (χ3v) is 1.52. The van der Waals surface area contributed by atoms with Gasteiger partial charge in [-0.05, 0) is 13.3 Å². The van der Waals surface area contributed by atoms with Crippen molar-refractivity contribution in [3.05, 3.63) is 0 Å². The molecule has 84 valence electrons. The summed E-state index contributed by atoms with van der Waals surface area (Å²) in [5.74, 6) is 0.748. The minimum atomic E-state index is 0.114. The van der Waals surface area contributed by atoms with Crippen molar-refractivity contribution >= 4 is 5.96 Å². The molecule has 0 fully saturated rings. The van der Waals surface area contributed by atoms with Crippen molar-refractivity contribution < 1.29 is 9.84 Å². The second-order valence-electron chi connectivity index (χ2n) is 2.76. The quantitative estimate of drug-likeness (QED) is 0.298. The first-order valence-electron chi connectivity index (χ1n) is 4.97. The zero-order valence-corrected chi connectivity index (χ0v) is 9.05. The van der Waals surface area contributed by atoms with Crippen LogP contribution in [0.1, 0.15) is 13.3 Å². The van der Waals surface area contributed by atoms with E-state index in [9.17, 15) is 0 Å². The molecule has 0 unspecified atom stereocenters. The summed E-state index contributed by atoms with van der Waals surface area (Å²) in [5, 5.41) is 14.7. The van der Waals surface area contributed by atoms with E-state index < -0.39 is 0 Å². The van der Waals surface area contributed by atoms with Crippen LogP contribution in [0.25, 0.3) is 0 Å². The van der Waals surface area contributed by atoms with Gasteiger partial charge in [0.15, 0.2) is 5.96 Å². The molecule has 0 aromatic rings. The van der Waals surface area contributed by atoms with E-state index >= 15 is 0 Å². The standard InChI is InChI=1S/C9H21N3O2/c1-3-10-9(12-6-7-13)11-5-4-8-14-2/h13H,3-8H2,1-2H3,(H2,10,11,12). The molecule has 0 saturated carbocycles. The van der Waals surface area contributed by atoms with Gasteiger partial charge < -0.3 is 20.5 Å². The topological polar surface area (TPSA) is 65.9 Å². The Morgan fingerprint density at radius 2 is 2.21 bits per heavy atom. The molecule has 0 aliphatic carbocycles. The van der Waals surface area contributed by atoms with Gasteiger partial charge in [-0.15, -0.1) is 0 Å². The second kappa shape index (κ2) is 10.3. The number of aliphatic hydroxyl groups is 1.